The van der Waals surface area contributed by atoms with E-state index in [0.29, 0.717) is 39.9 Å². The highest BCUT2D eigenvalue weighted by atomic mass is 79.9. The average molecular weight is 755 g/mol. The molecule has 2 amide bonds. The Balaban J connectivity index is 1.70. The summed E-state index contributed by atoms with van der Waals surface area (Å²) >= 11 is 3.39. The number of amides is 2. The smallest absolute Gasteiger partial charge is 0.464 e. The molecule has 3 N–H and O–H groups in total. The number of esters is 2. The number of nitrogens with zero attached hydrogens (tertiary/aromatic N) is 1. The van der Waals surface area contributed by atoms with Crippen LogP contribution in [-0.2, 0) is 38.5 Å². The Kier molecular flexibility index (Phi) is 13.3. The molecule has 0 fully saturated rings. The summed E-state index contributed by atoms with van der Waals surface area (Å²) in [5.74, 6) is -4.04. The van der Waals surface area contributed by atoms with Crippen molar-refractivity contribution in [2.75, 3.05) is 19.7 Å². The van der Waals surface area contributed by atoms with Crippen LogP contribution in [-0.4, -0.2) is 60.6 Å². The van der Waals surface area contributed by atoms with E-state index < -0.39 is 24.2 Å². The van der Waals surface area contributed by atoms with Crippen LogP contribution in [0.3, 0.4) is 0 Å². The minimum atomic E-state index is -5.17. The monoisotopic (exact) mass is 753 g/mol. The van der Waals surface area contributed by atoms with E-state index in [1.165, 1.54) is 29.2 Å². The first-order valence-electron chi connectivity index (χ1n) is 15.6. The van der Waals surface area contributed by atoms with Crippen molar-refractivity contribution in [3.05, 3.63) is 124 Å². The molecule has 0 heterocycles. The number of rotatable bonds is 14. The summed E-state index contributed by atoms with van der Waals surface area (Å²) in [5.41, 5.74) is 9.20. The molecule has 13 heteroatoms. The zero-order valence-corrected chi connectivity index (χ0v) is 28.6. The highest BCUT2D eigenvalue weighted by Gasteiger charge is 2.41. The lowest BCUT2D eigenvalue weighted by Crippen LogP contribution is -2.47. The molecule has 1 atom stereocenters. The molecule has 0 bridgehead atoms. The highest BCUT2D eigenvalue weighted by Crippen LogP contribution is 2.27. The summed E-state index contributed by atoms with van der Waals surface area (Å²) in [4.78, 5) is 53.2. The molecular weight excluding hydrogens is 719 g/mol. The van der Waals surface area contributed by atoms with Crippen LogP contribution in [0, 0.1) is 0 Å². The van der Waals surface area contributed by atoms with Crippen molar-refractivity contribution in [1.29, 1.82) is 0 Å². The first-order chi connectivity index (χ1) is 23.9. The van der Waals surface area contributed by atoms with Crippen LogP contribution in [0.5, 0.6) is 5.75 Å². The molecule has 0 radical (unpaired) electrons. The molecule has 4 aromatic rings. The molecule has 0 aliphatic rings. The molecule has 0 saturated carbocycles. The number of alkyl halides is 3. The molecule has 4 aromatic carbocycles. The van der Waals surface area contributed by atoms with E-state index in [1.807, 2.05) is 24.3 Å². The zero-order valence-electron chi connectivity index (χ0n) is 27.0. The van der Waals surface area contributed by atoms with Gasteiger partial charge in [0.05, 0.1) is 13.0 Å². The van der Waals surface area contributed by atoms with Gasteiger partial charge in [-0.2, -0.15) is 13.2 Å². The number of carbonyl (C=O) groups is 4. The van der Waals surface area contributed by atoms with Gasteiger partial charge in [-0.25, -0.2) is 9.59 Å². The van der Waals surface area contributed by atoms with E-state index in [4.69, 9.17) is 10.5 Å². The normalized spacial score (nSPS) is 11.7. The third-order valence-electron chi connectivity index (χ3n) is 7.51. The second kappa shape index (κ2) is 17.6. The van der Waals surface area contributed by atoms with Crippen molar-refractivity contribution in [3.63, 3.8) is 0 Å². The fraction of sp³-hybridized carbons (Fsp3) is 0.243. The second-order valence-electron chi connectivity index (χ2n) is 11.1. The SMILES string of the molecule is CCOC(=O)[C@H](Cc1ccc(OC(=O)C(F)(F)F)cc1)N(Cc1cccc(-c2ccccc2C(=O)NCCN)c1)C(=O)Cc1ccc(Br)cc1. The number of nitrogens with one attached hydrogen (secondary N) is 1. The van der Waals surface area contributed by atoms with E-state index in [2.05, 4.69) is 26.0 Å². The van der Waals surface area contributed by atoms with Crippen molar-refractivity contribution < 1.29 is 41.8 Å². The Bertz CT molecular complexity index is 1800. The van der Waals surface area contributed by atoms with E-state index >= 15 is 0 Å². The summed E-state index contributed by atoms with van der Waals surface area (Å²) in [6.45, 7) is 2.24. The standard InChI is InChI=1S/C37H35BrF3N3O6/c1-2-49-35(47)32(21-24-12-16-29(17-13-24)50-36(48)37(39,40)41)44(33(45)22-25-10-14-28(38)15-11-25)23-26-6-5-7-27(20-26)30-8-3-4-9-31(30)34(46)43-19-18-42/h3-17,20,32H,2,18-19,21-23,42H2,1H3,(H,43,46)/t32-/m0/s1. The van der Waals surface area contributed by atoms with Crippen LogP contribution in [0.2, 0.25) is 0 Å². The molecular formula is C37H35BrF3N3O6. The molecule has 50 heavy (non-hydrogen) atoms. The van der Waals surface area contributed by atoms with Crippen molar-refractivity contribution in [2.45, 2.75) is 38.5 Å². The predicted octanol–water partition coefficient (Wildman–Crippen LogP) is 6.02. The van der Waals surface area contributed by atoms with Crippen molar-refractivity contribution in [3.8, 4) is 16.9 Å². The van der Waals surface area contributed by atoms with E-state index in [9.17, 15) is 32.3 Å². The van der Waals surface area contributed by atoms with Gasteiger partial charge in [-0.1, -0.05) is 76.6 Å². The Morgan fingerprint density at radius 2 is 1.56 bits per heavy atom. The fourth-order valence-electron chi connectivity index (χ4n) is 5.14. The summed E-state index contributed by atoms with van der Waals surface area (Å²) in [6, 6.07) is 25.5. The molecule has 4 rings (SSSR count). The molecule has 9 nitrogen and oxygen atoms in total. The number of hydrogen-bond donors (Lipinski definition) is 2. The van der Waals surface area contributed by atoms with Crippen LogP contribution in [0.15, 0.2) is 102 Å². The minimum Gasteiger partial charge on any atom is -0.464 e. The van der Waals surface area contributed by atoms with Crippen LogP contribution >= 0.6 is 15.9 Å². The quantitative estimate of drug-likeness (QED) is 0.119. The van der Waals surface area contributed by atoms with E-state index in [-0.39, 0.29) is 50.1 Å². The van der Waals surface area contributed by atoms with Gasteiger partial charge in [-0.05, 0) is 71.1 Å². The minimum absolute atomic E-state index is 0.0184. The van der Waals surface area contributed by atoms with Gasteiger partial charge in [0.25, 0.3) is 5.91 Å². The molecule has 0 aromatic heterocycles. The number of benzene rings is 4. The van der Waals surface area contributed by atoms with Crippen molar-refractivity contribution in [2.24, 2.45) is 5.73 Å². The maximum absolute atomic E-state index is 14.1. The van der Waals surface area contributed by atoms with Gasteiger partial charge < -0.3 is 25.4 Å². The van der Waals surface area contributed by atoms with Gasteiger partial charge in [0.2, 0.25) is 5.91 Å². The fourth-order valence-corrected chi connectivity index (χ4v) is 5.40. The summed E-state index contributed by atoms with van der Waals surface area (Å²) < 4.78 is 48.7. The Morgan fingerprint density at radius 1 is 0.880 bits per heavy atom. The summed E-state index contributed by atoms with van der Waals surface area (Å²) in [7, 11) is 0. The number of halogens is 4. The number of ether oxygens (including phenoxy) is 2. The number of nitrogens with two attached hydrogens (primary N) is 1. The van der Waals surface area contributed by atoms with Crippen LogP contribution < -0.4 is 15.8 Å². The second-order valence-corrected chi connectivity index (χ2v) is 12.0. The van der Waals surface area contributed by atoms with Crippen LogP contribution in [0.1, 0.15) is 34.0 Å². The van der Waals surface area contributed by atoms with Crippen molar-refractivity contribution in [1.82, 2.24) is 10.2 Å². The molecule has 0 aliphatic carbocycles. The van der Waals surface area contributed by atoms with Crippen LogP contribution in [0.4, 0.5) is 13.2 Å². The molecule has 0 saturated heterocycles. The first kappa shape index (κ1) is 37.8. The first-order valence-corrected chi connectivity index (χ1v) is 16.4. The van der Waals surface area contributed by atoms with Gasteiger partial charge in [-0.15, -0.1) is 0 Å². The van der Waals surface area contributed by atoms with E-state index in [0.717, 1.165) is 4.47 Å². The number of hydrogen-bond acceptors (Lipinski definition) is 7. The summed E-state index contributed by atoms with van der Waals surface area (Å²) in [5, 5.41) is 2.78. The Hall–Kier alpha value is -5.01. The molecule has 0 unspecified atom stereocenters. The Labute approximate surface area is 295 Å². The van der Waals surface area contributed by atoms with Gasteiger partial charge in [0, 0.05) is 36.1 Å². The molecule has 0 spiro atoms. The van der Waals surface area contributed by atoms with Gasteiger partial charge >= 0.3 is 18.1 Å². The summed E-state index contributed by atoms with van der Waals surface area (Å²) in [6.07, 6.45) is -5.26. The lowest BCUT2D eigenvalue weighted by molar-refractivity contribution is -0.189. The molecule has 0 aliphatic heterocycles. The third-order valence-corrected chi connectivity index (χ3v) is 8.04. The Morgan fingerprint density at radius 3 is 2.22 bits per heavy atom. The van der Waals surface area contributed by atoms with Crippen molar-refractivity contribution >= 4 is 39.7 Å². The predicted molar refractivity (Wildman–Crippen MR) is 184 cm³/mol. The lowest BCUT2D eigenvalue weighted by atomic mass is 9.97. The number of carbonyl (C=O) groups excluding carboxylic acids is 4. The van der Waals surface area contributed by atoms with Gasteiger partial charge in [-0.3, -0.25) is 9.59 Å². The van der Waals surface area contributed by atoms with Crippen LogP contribution in [0.25, 0.3) is 11.1 Å². The average Bonchev–Trinajstić information content (AvgIpc) is 3.10. The topological polar surface area (TPSA) is 128 Å². The van der Waals surface area contributed by atoms with E-state index in [1.54, 1.807) is 55.5 Å². The maximum atomic E-state index is 14.1. The highest BCUT2D eigenvalue weighted by molar-refractivity contribution is 9.10. The van der Waals surface area contributed by atoms with Gasteiger partial charge in [0.15, 0.2) is 0 Å². The molecule has 262 valence electrons. The van der Waals surface area contributed by atoms with Gasteiger partial charge in [0.1, 0.15) is 11.8 Å². The maximum Gasteiger partial charge on any atom is 0.491 e. The zero-order chi connectivity index (χ0) is 36.3. The third kappa shape index (κ3) is 10.5. The lowest BCUT2D eigenvalue weighted by Gasteiger charge is -2.31. The largest absolute Gasteiger partial charge is 0.491 e.